The molecule has 1 aromatic heterocycles. The molecule has 2 heterocycles. The first kappa shape index (κ1) is 16.1. The molecule has 1 aliphatic heterocycles. The van der Waals surface area contributed by atoms with Crippen molar-refractivity contribution in [1.82, 2.24) is 9.88 Å². The van der Waals surface area contributed by atoms with Crippen LogP contribution < -0.4 is 0 Å². The van der Waals surface area contributed by atoms with Gasteiger partial charge in [0.25, 0.3) is 5.91 Å². The molecule has 1 atom stereocenters. The second-order valence-electron chi connectivity index (χ2n) is 6.20. The molecule has 1 saturated heterocycles. The smallest absolute Gasteiger partial charge is 0.251 e. The molecule has 1 aromatic carbocycles. The number of nitrogens with zero attached hydrogens (tertiary/aromatic N) is 2. The number of piperidine rings is 1. The van der Waals surface area contributed by atoms with Crippen LogP contribution in [0.3, 0.4) is 0 Å². The first-order chi connectivity index (χ1) is 11.0. The number of amides is 1. The van der Waals surface area contributed by atoms with Crippen molar-refractivity contribution in [2.24, 2.45) is 0 Å². The van der Waals surface area contributed by atoms with Crippen molar-refractivity contribution in [1.29, 1.82) is 0 Å². The molecule has 0 aliphatic carbocycles. The number of benzene rings is 1. The van der Waals surface area contributed by atoms with Gasteiger partial charge in [0.2, 0.25) is 0 Å². The van der Waals surface area contributed by atoms with Crippen LogP contribution in [0, 0.1) is 6.92 Å². The van der Waals surface area contributed by atoms with Crippen molar-refractivity contribution in [3.63, 3.8) is 0 Å². The van der Waals surface area contributed by atoms with E-state index in [2.05, 4.69) is 29.6 Å². The van der Waals surface area contributed by atoms with Crippen molar-refractivity contribution in [2.75, 3.05) is 13.1 Å². The topological polar surface area (TPSA) is 53.4 Å². The quantitative estimate of drug-likeness (QED) is 0.941. The van der Waals surface area contributed by atoms with Crippen molar-refractivity contribution < 1.29 is 9.90 Å². The van der Waals surface area contributed by atoms with Crippen molar-refractivity contribution in [3.05, 3.63) is 52.0 Å². The summed E-state index contributed by atoms with van der Waals surface area (Å²) in [6.45, 7) is 4.86. The molecule has 1 N–H and O–H groups in total. The summed E-state index contributed by atoms with van der Waals surface area (Å²) in [5.41, 5.74) is 2.23. The number of hydrogen-bond acceptors (Lipinski definition) is 4. The molecule has 0 radical (unpaired) electrons. The highest BCUT2D eigenvalue weighted by molar-refractivity contribution is 7.09. The monoisotopic (exact) mass is 330 g/mol. The number of aryl methyl sites for hydroxylation is 1. The predicted octanol–water partition coefficient (Wildman–Crippen LogP) is 2.74. The second kappa shape index (κ2) is 6.42. The summed E-state index contributed by atoms with van der Waals surface area (Å²) in [4.78, 5) is 18.6. The molecule has 1 amide bonds. The maximum absolute atomic E-state index is 12.0. The summed E-state index contributed by atoms with van der Waals surface area (Å²) in [5.74, 6) is -0.180. The van der Waals surface area contributed by atoms with Gasteiger partial charge in [-0.2, -0.15) is 0 Å². The molecule has 0 bridgehead atoms. The molecule has 0 spiro atoms. The van der Waals surface area contributed by atoms with E-state index in [0.717, 1.165) is 23.5 Å². The lowest BCUT2D eigenvalue weighted by molar-refractivity contribution is -0.140. The number of rotatable bonds is 3. The lowest BCUT2D eigenvalue weighted by Crippen LogP contribution is -2.48. The van der Waals surface area contributed by atoms with E-state index in [0.29, 0.717) is 13.1 Å². The summed E-state index contributed by atoms with van der Waals surface area (Å²) < 4.78 is 0. The number of likely N-dealkylation sites (tertiary alicyclic amines) is 1. The first-order valence-corrected chi connectivity index (χ1v) is 8.86. The van der Waals surface area contributed by atoms with Gasteiger partial charge in [-0.1, -0.05) is 30.3 Å². The number of aromatic nitrogens is 1. The number of carbonyl (C=O) groups is 1. The highest BCUT2D eigenvalue weighted by Gasteiger charge is 2.40. The van der Waals surface area contributed by atoms with Gasteiger partial charge in [0.1, 0.15) is 6.10 Å². The van der Waals surface area contributed by atoms with Crippen molar-refractivity contribution in [3.8, 4) is 0 Å². The molecular weight excluding hydrogens is 308 g/mol. The maximum atomic E-state index is 12.0. The van der Waals surface area contributed by atoms with Gasteiger partial charge in [-0.05, 0) is 32.3 Å². The molecule has 1 unspecified atom stereocenters. The summed E-state index contributed by atoms with van der Waals surface area (Å²) in [5, 5.41) is 12.8. The SMILES string of the molecule is Cc1nc(C2(c3ccccc3)CCN(C(=O)C(C)O)CC2)cs1. The number of aliphatic hydroxyl groups is 1. The summed E-state index contributed by atoms with van der Waals surface area (Å²) in [7, 11) is 0. The van der Waals surface area contributed by atoms with E-state index in [4.69, 9.17) is 4.98 Å². The van der Waals surface area contributed by atoms with Crippen LogP contribution in [-0.4, -0.2) is 40.1 Å². The van der Waals surface area contributed by atoms with E-state index in [1.165, 1.54) is 12.5 Å². The zero-order chi connectivity index (χ0) is 16.4. The molecule has 2 aromatic rings. The fourth-order valence-corrected chi connectivity index (χ4v) is 4.12. The van der Waals surface area contributed by atoms with E-state index < -0.39 is 6.10 Å². The normalized spacial score (nSPS) is 18.7. The molecule has 0 saturated carbocycles. The predicted molar refractivity (Wildman–Crippen MR) is 91.6 cm³/mol. The summed E-state index contributed by atoms with van der Waals surface area (Å²) in [6.07, 6.45) is 0.734. The Morgan fingerprint density at radius 3 is 2.48 bits per heavy atom. The van der Waals surface area contributed by atoms with Crippen LogP contribution in [0.15, 0.2) is 35.7 Å². The van der Waals surface area contributed by atoms with Gasteiger partial charge in [0.05, 0.1) is 10.7 Å². The maximum Gasteiger partial charge on any atom is 0.251 e. The molecule has 23 heavy (non-hydrogen) atoms. The van der Waals surface area contributed by atoms with E-state index in [1.807, 2.05) is 13.0 Å². The molecular formula is C18H22N2O2S. The Morgan fingerprint density at radius 1 is 1.30 bits per heavy atom. The third-order valence-electron chi connectivity index (χ3n) is 4.72. The van der Waals surface area contributed by atoms with E-state index >= 15 is 0 Å². The summed E-state index contributed by atoms with van der Waals surface area (Å²) >= 11 is 1.67. The van der Waals surface area contributed by atoms with Crippen LogP contribution in [0.1, 0.15) is 36.0 Å². The van der Waals surface area contributed by atoms with E-state index in [-0.39, 0.29) is 11.3 Å². The zero-order valence-corrected chi connectivity index (χ0v) is 14.3. The Kier molecular flexibility index (Phi) is 4.50. The highest BCUT2D eigenvalue weighted by atomic mass is 32.1. The highest BCUT2D eigenvalue weighted by Crippen LogP contribution is 2.42. The molecule has 3 rings (SSSR count). The Bertz CT molecular complexity index is 673. The lowest BCUT2D eigenvalue weighted by Gasteiger charge is -2.41. The van der Waals surface area contributed by atoms with E-state index in [1.54, 1.807) is 16.2 Å². The fourth-order valence-electron chi connectivity index (χ4n) is 3.41. The Hall–Kier alpha value is -1.72. The first-order valence-electron chi connectivity index (χ1n) is 7.98. The molecule has 122 valence electrons. The fraction of sp³-hybridized carbons (Fsp3) is 0.444. The molecule has 1 fully saturated rings. The largest absolute Gasteiger partial charge is 0.384 e. The minimum atomic E-state index is -0.930. The van der Waals surface area contributed by atoms with Gasteiger partial charge in [0, 0.05) is 23.9 Å². The minimum Gasteiger partial charge on any atom is -0.384 e. The number of carbonyl (C=O) groups excluding carboxylic acids is 1. The van der Waals surface area contributed by atoms with Crippen LogP contribution in [0.2, 0.25) is 0 Å². The van der Waals surface area contributed by atoms with Crippen LogP contribution >= 0.6 is 11.3 Å². The van der Waals surface area contributed by atoms with Crippen LogP contribution in [-0.2, 0) is 10.2 Å². The zero-order valence-electron chi connectivity index (χ0n) is 13.5. The lowest BCUT2D eigenvalue weighted by atomic mass is 9.70. The van der Waals surface area contributed by atoms with Gasteiger partial charge in [-0.15, -0.1) is 11.3 Å². The number of hydrogen-bond donors (Lipinski definition) is 1. The third kappa shape index (κ3) is 3.03. The molecule has 4 nitrogen and oxygen atoms in total. The number of thiazole rings is 1. The van der Waals surface area contributed by atoms with Crippen LogP contribution in [0.25, 0.3) is 0 Å². The van der Waals surface area contributed by atoms with Crippen LogP contribution in [0.4, 0.5) is 0 Å². The Labute approximate surface area is 140 Å². The van der Waals surface area contributed by atoms with Crippen LogP contribution in [0.5, 0.6) is 0 Å². The van der Waals surface area contributed by atoms with Crippen molar-refractivity contribution >= 4 is 17.2 Å². The average molecular weight is 330 g/mol. The van der Waals surface area contributed by atoms with Gasteiger partial charge in [-0.25, -0.2) is 4.98 Å². The average Bonchev–Trinajstić information content (AvgIpc) is 3.02. The van der Waals surface area contributed by atoms with E-state index in [9.17, 15) is 9.90 Å². The van der Waals surface area contributed by atoms with Gasteiger partial charge in [0.15, 0.2) is 0 Å². The van der Waals surface area contributed by atoms with Crippen molar-refractivity contribution in [2.45, 2.75) is 38.2 Å². The Morgan fingerprint density at radius 2 is 1.96 bits per heavy atom. The third-order valence-corrected chi connectivity index (χ3v) is 5.50. The summed E-state index contributed by atoms with van der Waals surface area (Å²) in [6, 6.07) is 10.4. The Balaban J connectivity index is 1.92. The van der Waals surface area contributed by atoms with Gasteiger partial charge in [-0.3, -0.25) is 4.79 Å². The molecule has 1 aliphatic rings. The number of aliphatic hydroxyl groups excluding tert-OH is 1. The minimum absolute atomic E-state index is 0.137. The second-order valence-corrected chi connectivity index (χ2v) is 7.26. The standard InChI is InChI=1S/C18H22N2O2S/c1-13(21)17(22)20-10-8-18(9-11-20,15-6-4-3-5-7-15)16-12-23-14(2)19-16/h3-7,12-13,21H,8-11H2,1-2H3. The van der Waals surface area contributed by atoms with Gasteiger partial charge >= 0.3 is 0 Å². The molecule has 5 heteroatoms. The van der Waals surface area contributed by atoms with Gasteiger partial charge < -0.3 is 10.0 Å².